The Morgan fingerprint density at radius 1 is 0.906 bits per heavy atom. The second kappa shape index (κ2) is 8.94. The first-order valence-electron chi connectivity index (χ1n) is 11.2. The van der Waals surface area contributed by atoms with E-state index in [1.165, 1.54) is 17.6 Å². The summed E-state index contributed by atoms with van der Waals surface area (Å²) in [6.45, 7) is 7.11. The van der Waals surface area contributed by atoms with Crippen molar-refractivity contribution in [1.29, 1.82) is 0 Å². The van der Waals surface area contributed by atoms with Gasteiger partial charge in [0.25, 0.3) is 0 Å². The molecule has 9 heteroatoms. The van der Waals surface area contributed by atoms with Crippen molar-refractivity contribution < 1.29 is 4.79 Å². The van der Waals surface area contributed by atoms with Crippen LogP contribution < -0.4 is 9.80 Å². The highest BCUT2D eigenvalue weighted by Gasteiger charge is 2.31. The minimum atomic E-state index is 0.0911. The normalized spacial score (nSPS) is 17.6. The van der Waals surface area contributed by atoms with Crippen molar-refractivity contribution in [2.24, 2.45) is 5.92 Å². The molecule has 5 rings (SSSR count). The van der Waals surface area contributed by atoms with E-state index in [1.54, 1.807) is 17.3 Å². The van der Waals surface area contributed by atoms with Gasteiger partial charge in [0.1, 0.15) is 24.8 Å². The van der Waals surface area contributed by atoms with E-state index in [9.17, 15) is 4.79 Å². The molecule has 32 heavy (non-hydrogen) atoms. The predicted octanol–water partition coefficient (Wildman–Crippen LogP) is 1.93. The first-order chi connectivity index (χ1) is 15.7. The number of hydrogen-bond acceptors (Lipinski definition) is 7. The molecule has 2 aliphatic heterocycles. The average Bonchev–Trinajstić information content (AvgIpc) is 3.39. The van der Waals surface area contributed by atoms with Gasteiger partial charge in [-0.05, 0) is 37.5 Å². The molecule has 166 valence electrons. The van der Waals surface area contributed by atoms with Crippen LogP contribution in [0.2, 0.25) is 0 Å². The summed E-state index contributed by atoms with van der Waals surface area (Å²) in [4.78, 5) is 32.5. The minimum Gasteiger partial charge on any atom is -0.368 e. The monoisotopic (exact) mass is 432 g/mol. The zero-order valence-corrected chi connectivity index (χ0v) is 18.3. The van der Waals surface area contributed by atoms with Gasteiger partial charge in [0, 0.05) is 56.9 Å². The van der Waals surface area contributed by atoms with Crippen LogP contribution in [-0.2, 0) is 4.79 Å². The number of hydrogen-bond donors (Lipinski definition) is 0. The van der Waals surface area contributed by atoms with Gasteiger partial charge in [0.05, 0.1) is 0 Å². The van der Waals surface area contributed by atoms with Gasteiger partial charge in [-0.25, -0.2) is 19.6 Å². The highest BCUT2D eigenvalue weighted by molar-refractivity contribution is 5.79. The van der Waals surface area contributed by atoms with Crippen molar-refractivity contribution in [1.82, 2.24) is 29.6 Å². The molecule has 0 radical (unpaired) electrons. The Morgan fingerprint density at radius 3 is 2.41 bits per heavy atom. The number of nitrogens with zero attached hydrogens (tertiary/aromatic N) is 8. The lowest BCUT2D eigenvalue weighted by Crippen LogP contribution is -2.51. The van der Waals surface area contributed by atoms with E-state index < -0.39 is 0 Å². The maximum atomic E-state index is 13.1. The summed E-state index contributed by atoms with van der Waals surface area (Å²) in [7, 11) is 0. The van der Waals surface area contributed by atoms with Crippen molar-refractivity contribution >= 4 is 17.4 Å². The Kier molecular flexibility index (Phi) is 5.70. The summed E-state index contributed by atoms with van der Waals surface area (Å²) in [5.74, 6) is 1.95. The molecule has 2 saturated heterocycles. The molecule has 4 heterocycles. The van der Waals surface area contributed by atoms with Gasteiger partial charge in [-0.1, -0.05) is 12.1 Å². The SMILES string of the molecule is Cc1cccc(N2CCN(C(=O)C3CCN(c4cc(-n5cncn5)ncn4)CC3)CC2)c1. The highest BCUT2D eigenvalue weighted by Crippen LogP contribution is 2.25. The van der Waals surface area contributed by atoms with Crippen LogP contribution in [-0.4, -0.2) is 74.8 Å². The number of carbonyl (C=O) groups is 1. The van der Waals surface area contributed by atoms with Crippen LogP contribution in [0.25, 0.3) is 5.82 Å². The van der Waals surface area contributed by atoms with Crippen molar-refractivity contribution in [3.63, 3.8) is 0 Å². The van der Waals surface area contributed by atoms with Crippen LogP contribution in [0.4, 0.5) is 11.5 Å². The molecule has 2 aliphatic rings. The van der Waals surface area contributed by atoms with Crippen LogP contribution in [0.1, 0.15) is 18.4 Å². The second-order valence-corrected chi connectivity index (χ2v) is 8.49. The summed E-state index contributed by atoms with van der Waals surface area (Å²) in [5.41, 5.74) is 2.52. The number of anilines is 2. The average molecular weight is 433 g/mol. The van der Waals surface area contributed by atoms with Gasteiger partial charge in [0.15, 0.2) is 5.82 Å². The number of amides is 1. The maximum absolute atomic E-state index is 13.1. The molecule has 1 aromatic carbocycles. The van der Waals surface area contributed by atoms with Crippen molar-refractivity contribution in [2.75, 3.05) is 49.1 Å². The Hall–Kier alpha value is -3.49. The van der Waals surface area contributed by atoms with Crippen LogP contribution in [0.3, 0.4) is 0 Å². The molecular weight excluding hydrogens is 404 g/mol. The third kappa shape index (κ3) is 4.28. The fraction of sp³-hybridized carbons (Fsp3) is 0.435. The fourth-order valence-electron chi connectivity index (χ4n) is 4.59. The summed E-state index contributed by atoms with van der Waals surface area (Å²) >= 11 is 0. The molecule has 2 fully saturated rings. The lowest BCUT2D eigenvalue weighted by molar-refractivity contribution is -0.136. The van der Waals surface area contributed by atoms with Crippen LogP contribution in [0.5, 0.6) is 0 Å². The summed E-state index contributed by atoms with van der Waals surface area (Å²) in [5, 5.41) is 4.13. The Balaban J connectivity index is 1.15. The molecule has 0 bridgehead atoms. The van der Waals surface area contributed by atoms with E-state index in [4.69, 9.17) is 0 Å². The predicted molar refractivity (Wildman–Crippen MR) is 122 cm³/mol. The van der Waals surface area contributed by atoms with E-state index in [0.29, 0.717) is 11.7 Å². The molecule has 0 aliphatic carbocycles. The van der Waals surface area contributed by atoms with Gasteiger partial charge in [-0.2, -0.15) is 5.10 Å². The Morgan fingerprint density at radius 2 is 1.69 bits per heavy atom. The Bertz CT molecular complexity index is 1050. The summed E-state index contributed by atoms with van der Waals surface area (Å²) in [6, 6.07) is 10.5. The van der Waals surface area contributed by atoms with Crippen LogP contribution in [0.15, 0.2) is 49.3 Å². The molecular formula is C23H28N8O. The smallest absolute Gasteiger partial charge is 0.225 e. The molecule has 0 unspecified atom stereocenters. The zero-order valence-electron chi connectivity index (χ0n) is 18.3. The second-order valence-electron chi connectivity index (χ2n) is 8.49. The van der Waals surface area contributed by atoms with E-state index >= 15 is 0 Å². The van der Waals surface area contributed by atoms with Gasteiger partial charge in [-0.3, -0.25) is 4.79 Å². The highest BCUT2D eigenvalue weighted by atomic mass is 16.2. The number of rotatable bonds is 4. The van der Waals surface area contributed by atoms with Crippen molar-refractivity contribution in [3.8, 4) is 5.82 Å². The molecule has 2 aromatic heterocycles. The van der Waals surface area contributed by atoms with E-state index in [0.717, 1.165) is 57.9 Å². The fourth-order valence-corrected chi connectivity index (χ4v) is 4.59. The van der Waals surface area contributed by atoms with Crippen molar-refractivity contribution in [2.45, 2.75) is 19.8 Å². The van der Waals surface area contributed by atoms with E-state index in [1.807, 2.05) is 6.07 Å². The largest absolute Gasteiger partial charge is 0.368 e. The van der Waals surface area contributed by atoms with Gasteiger partial charge >= 0.3 is 0 Å². The molecule has 9 nitrogen and oxygen atoms in total. The van der Waals surface area contributed by atoms with E-state index in [2.05, 4.69) is 65.9 Å². The van der Waals surface area contributed by atoms with Gasteiger partial charge in [0.2, 0.25) is 5.91 Å². The van der Waals surface area contributed by atoms with E-state index in [-0.39, 0.29) is 5.92 Å². The minimum absolute atomic E-state index is 0.0911. The lowest BCUT2D eigenvalue weighted by atomic mass is 9.95. The molecule has 1 amide bonds. The van der Waals surface area contributed by atoms with Crippen molar-refractivity contribution in [3.05, 3.63) is 54.9 Å². The lowest BCUT2D eigenvalue weighted by Gasteiger charge is -2.39. The number of aromatic nitrogens is 5. The Labute approximate surface area is 187 Å². The number of benzene rings is 1. The first kappa shape index (κ1) is 20.4. The first-order valence-corrected chi connectivity index (χ1v) is 11.2. The van der Waals surface area contributed by atoms with Gasteiger partial charge in [-0.15, -0.1) is 0 Å². The van der Waals surface area contributed by atoms with Crippen LogP contribution in [0, 0.1) is 12.8 Å². The number of piperidine rings is 1. The quantitative estimate of drug-likeness (QED) is 0.623. The molecule has 3 aromatic rings. The summed E-state index contributed by atoms with van der Waals surface area (Å²) < 4.78 is 1.62. The summed E-state index contributed by atoms with van der Waals surface area (Å²) in [6.07, 6.45) is 6.35. The third-order valence-electron chi connectivity index (χ3n) is 6.42. The molecule has 0 saturated carbocycles. The standard InChI is InChI=1S/C23H28N8O/c1-18-3-2-4-20(13-18)28-9-11-30(12-10-28)23(32)19-5-7-29(8-6-19)21-14-22(26-16-25-21)31-17-24-15-27-31/h2-4,13-17,19H,5-12H2,1H3. The molecule has 0 atom stereocenters. The number of aryl methyl sites for hydroxylation is 1. The third-order valence-corrected chi connectivity index (χ3v) is 6.42. The molecule has 0 N–H and O–H groups in total. The zero-order chi connectivity index (χ0) is 21.9. The van der Waals surface area contributed by atoms with Gasteiger partial charge < -0.3 is 14.7 Å². The van der Waals surface area contributed by atoms with Crippen LogP contribution >= 0.6 is 0 Å². The molecule has 0 spiro atoms. The number of carbonyl (C=O) groups excluding carboxylic acids is 1. The number of piperazine rings is 1. The maximum Gasteiger partial charge on any atom is 0.225 e. The topological polar surface area (TPSA) is 83.3 Å².